The minimum atomic E-state index is 0.921. The Bertz CT molecular complexity index is 1530. The highest BCUT2D eigenvalue weighted by Gasteiger charge is 2.15. The van der Waals surface area contributed by atoms with Crippen molar-refractivity contribution in [3.05, 3.63) is 84.9 Å². The second kappa shape index (κ2) is 5.67. The number of aromatic nitrogens is 3. The van der Waals surface area contributed by atoms with E-state index in [4.69, 9.17) is 9.97 Å². The average molecular weight is 357 g/mol. The fraction of sp³-hybridized carbons (Fsp3) is 0. The second-order valence-electron chi connectivity index (χ2n) is 7.28. The van der Waals surface area contributed by atoms with E-state index in [1.165, 1.54) is 16.2 Å². The summed E-state index contributed by atoms with van der Waals surface area (Å²) in [5.41, 5.74) is 6.34. The van der Waals surface area contributed by atoms with Gasteiger partial charge in [-0.15, -0.1) is 0 Å². The van der Waals surface area contributed by atoms with Gasteiger partial charge in [0.15, 0.2) is 0 Å². The number of para-hydroxylation sites is 3. The molecule has 0 aliphatic heterocycles. The van der Waals surface area contributed by atoms with Crippen LogP contribution in [0, 0.1) is 0 Å². The van der Waals surface area contributed by atoms with Crippen molar-refractivity contribution in [2.45, 2.75) is 0 Å². The molecule has 0 radical (unpaired) electrons. The van der Waals surface area contributed by atoms with Crippen molar-refractivity contribution in [2.24, 2.45) is 0 Å². The number of nitrogens with zero attached hydrogens (tertiary/aromatic N) is 3. The van der Waals surface area contributed by atoms with E-state index in [-0.39, 0.29) is 0 Å². The number of imidazole rings is 1. The molecule has 6 aromatic rings. The van der Waals surface area contributed by atoms with Gasteiger partial charge in [-0.1, -0.05) is 60.1 Å². The summed E-state index contributed by atoms with van der Waals surface area (Å²) in [5, 5.41) is 3.53. The molecule has 4 heteroatoms. The van der Waals surface area contributed by atoms with Crippen molar-refractivity contribution >= 4 is 51.7 Å². The molecule has 0 aliphatic carbocycles. The largest absolute Gasteiger partial charge is 0.276 e. The molecule has 28 heavy (non-hydrogen) atoms. The Morgan fingerprint density at radius 1 is 0.679 bits per heavy atom. The second-order valence-corrected chi connectivity index (χ2v) is 7.28. The Morgan fingerprint density at radius 2 is 1.43 bits per heavy atom. The molecule has 0 saturated carbocycles. The predicted molar refractivity (Wildman–Crippen MR) is 119 cm³/mol. The molecular weight excluding hydrogens is 341 g/mol. The first-order valence-corrected chi connectivity index (χ1v) is 9.45. The van der Waals surface area contributed by atoms with E-state index in [0.717, 1.165) is 39.0 Å². The lowest BCUT2D eigenvalue weighted by Crippen LogP contribution is -2.00. The number of rotatable bonds is 1. The van der Waals surface area contributed by atoms with Crippen molar-refractivity contribution < 1.29 is 0 Å². The van der Waals surface area contributed by atoms with Crippen molar-refractivity contribution in [1.82, 2.24) is 14.4 Å². The minimum absolute atomic E-state index is 0.921. The topological polar surface area (TPSA) is 30.2 Å². The predicted octanol–water partition coefficient (Wildman–Crippen LogP) is 4.11. The zero-order valence-corrected chi connectivity index (χ0v) is 15.4. The first-order valence-electron chi connectivity index (χ1n) is 9.45. The molecule has 0 fully saturated rings. The van der Waals surface area contributed by atoms with Crippen molar-refractivity contribution in [2.75, 3.05) is 0 Å². The van der Waals surface area contributed by atoms with Gasteiger partial charge in [0.2, 0.25) is 0 Å². The molecule has 2 aromatic heterocycles. The Kier molecular flexibility index (Phi) is 3.12. The summed E-state index contributed by atoms with van der Waals surface area (Å²) in [6, 6.07) is 29.6. The monoisotopic (exact) mass is 357 g/mol. The molecule has 0 spiro atoms. The standard InChI is InChI=1S/C24H16BN3/c25-18-12-11-15-13-17(10-9-16(15)14-18)23-26-20-6-2-1-5-19(20)24-27-21-7-3-4-8-22(21)28(23)24/h1-14H,25H2. The van der Waals surface area contributed by atoms with Gasteiger partial charge in [0, 0.05) is 10.9 Å². The smallest absolute Gasteiger partial charge is 0.149 e. The van der Waals surface area contributed by atoms with E-state index >= 15 is 0 Å². The highest BCUT2D eigenvalue weighted by molar-refractivity contribution is 6.33. The van der Waals surface area contributed by atoms with Gasteiger partial charge in [0.1, 0.15) is 19.3 Å². The molecule has 3 nitrogen and oxygen atoms in total. The van der Waals surface area contributed by atoms with E-state index in [0.29, 0.717) is 0 Å². The lowest BCUT2D eigenvalue weighted by Gasteiger charge is -2.10. The first-order chi connectivity index (χ1) is 13.8. The Morgan fingerprint density at radius 3 is 2.36 bits per heavy atom. The third-order valence-electron chi connectivity index (χ3n) is 5.40. The normalized spacial score (nSPS) is 11.7. The summed E-state index contributed by atoms with van der Waals surface area (Å²) in [6.07, 6.45) is 0. The average Bonchev–Trinajstić information content (AvgIpc) is 3.13. The SMILES string of the molecule is Bc1ccc2cc(-c3nc4ccccc4c4nc5ccccc5n34)ccc2c1. The molecule has 0 saturated heterocycles. The molecule has 0 atom stereocenters. The third-order valence-corrected chi connectivity index (χ3v) is 5.40. The number of benzene rings is 4. The van der Waals surface area contributed by atoms with Crippen LogP contribution in [-0.4, -0.2) is 22.2 Å². The molecule has 2 heterocycles. The van der Waals surface area contributed by atoms with Crippen LogP contribution in [0.5, 0.6) is 0 Å². The summed E-state index contributed by atoms with van der Waals surface area (Å²) in [6.45, 7) is 0. The van der Waals surface area contributed by atoms with Crippen LogP contribution in [0.3, 0.4) is 0 Å². The molecular formula is C24H16BN3. The van der Waals surface area contributed by atoms with Gasteiger partial charge in [-0.25, -0.2) is 9.97 Å². The fourth-order valence-electron chi connectivity index (χ4n) is 4.04. The van der Waals surface area contributed by atoms with Crippen LogP contribution < -0.4 is 5.46 Å². The zero-order valence-electron chi connectivity index (χ0n) is 15.4. The quantitative estimate of drug-likeness (QED) is 0.415. The summed E-state index contributed by atoms with van der Waals surface area (Å²) < 4.78 is 2.19. The van der Waals surface area contributed by atoms with Gasteiger partial charge in [-0.2, -0.15) is 0 Å². The molecule has 4 aromatic carbocycles. The summed E-state index contributed by atoms with van der Waals surface area (Å²) in [7, 11) is 2.12. The maximum Gasteiger partial charge on any atom is 0.149 e. The number of hydrogen-bond acceptors (Lipinski definition) is 2. The highest BCUT2D eigenvalue weighted by atomic mass is 15.1. The van der Waals surface area contributed by atoms with Gasteiger partial charge < -0.3 is 0 Å². The first kappa shape index (κ1) is 15.4. The van der Waals surface area contributed by atoms with Crippen LogP contribution in [0.25, 0.3) is 49.7 Å². The van der Waals surface area contributed by atoms with Crippen LogP contribution in [0.2, 0.25) is 0 Å². The summed E-state index contributed by atoms with van der Waals surface area (Å²) in [4.78, 5) is 9.97. The molecule has 0 N–H and O–H groups in total. The number of fused-ring (bicyclic) bond motifs is 6. The van der Waals surface area contributed by atoms with Crippen LogP contribution in [0.15, 0.2) is 84.9 Å². The van der Waals surface area contributed by atoms with Crippen LogP contribution in [-0.2, 0) is 0 Å². The fourth-order valence-corrected chi connectivity index (χ4v) is 4.04. The maximum absolute atomic E-state index is 5.04. The molecule has 0 amide bonds. The van der Waals surface area contributed by atoms with Gasteiger partial charge in [0.05, 0.1) is 16.6 Å². The van der Waals surface area contributed by atoms with Gasteiger partial charge in [-0.05, 0) is 41.1 Å². The molecule has 0 bridgehead atoms. The van der Waals surface area contributed by atoms with Crippen molar-refractivity contribution in [3.63, 3.8) is 0 Å². The van der Waals surface area contributed by atoms with Crippen molar-refractivity contribution in [3.8, 4) is 11.4 Å². The van der Waals surface area contributed by atoms with Crippen LogP contribution in [0.1, 0.15) is 0 Å². The Balaban J connectivity index is 1.77. The van der Waals surface area contributed by atoms with E-state index in [2.05, 4.69) is 79.0 Å². The molecule has 0 aliphatic rings. The van der Waals surface area contributed by atoms with Gasteiger partial charge >= 0.3 is 0 Å². The van der Waals surface area contributed by atoms with Crippen LogP contribution >= 0.6 is 0 Å². The summed E-state index contributed by atoms with van der Waals surface area (Å²) in [5.74, 6) is 0.921. The summed E-state index contributed by atoms with van der Waals surface area (Å²) >= 11 is 0. The minimum Gasteiger partial charge on any atom is -0.276 e. The Labute approximate surface area is 162 Å². The van der Waals surface area contributed by atoms with E-state index < -0.39 is 0 Å². The Hall–Kier alpha value is -3.66. The third kappa shape index (κ3) is 2.18. The van der Waals surface area contributed by atoms with E-state index in [9.17, 15) is 0 Å². The van der Waals surface area contributed by atoms with E-state index in [1.807, 2.05) is 18.2 Å². The van der Waals surface area contributed by atoms with Crippen molar-refractivity contribution in [1.29, 1.82) is 0 Å². The maximum atomic E-state index is 5.04. The molecule has 6 rings (SSSR count). The van der Waals surface area contributed by atoms with E-state index in [1.54, 1.807) is 0 Å². The highest BCUT2D eigenvalue weighted by Crippen LogP contribution is 2.30. The molecule has 0 unspecified atom stereocenters. The van der Waals surface area contributed by atoms with Gasteiger partial charge in [0.25, 0.3) is 0 Å². The lowest BCUT2D eigenvalue weighted by molar-refractivity contribution is 1.16. The number of hydrogen-bond donors (Lipinski definition) is 0. The zero-order chi connectivity index (χ0) is 18.7. The lowest BCUT2D eigenvalue weighted by atomic mass is 9.93. The van der Waals surface area contributed by atoms with Crippen LogP contribution in [0.4, 0.5) is 0 Å². The molecule has 130 valence electrons. The van der Waals surface area contributed by atoms with Gasteiger partial charge in [-0.3, -0.25) is 4.40 Å².